The Balaban J connectivity index is 1.51. The first-order chi connectivity index (χ1) is 14.5. The lowest BCUT2D eigenvalue weighted by molar-refractivity contribution is -0.133. The monoisotopic (exact) mass is 411 g/mol. The Kier molecular flexibility index (Phi) is 7.30. The highest BCUT2D eigenvalue weighted by molar-refractivity contribution is 5.95. The number of piperazine rings is 1. The lowest BCUT2D eigenvalue weighted by Crippen LogP contribution is -2.54. The van der Waals surface area contributed by atoms with Gasteiger partial charge in [0.15, 0.2) is 0 Å². The Morgan fingerprint density at radius 1 is 1.00 bits per heavy atom. The third-order valence-corrected chi connectivity index (χ3v) is 5.45. The summed E-state index contributed by atoms with van der Waals surface area (Å²) in [6, 6.07) is 14.6. The minimum atomic E-state index is -0.300. The van der Waals surface area contributed by atoms with Crippen molar-refractivity contribution < 1.29 is 19.1 Å². The van der Waals surface area contributed by atoms with Crippen molar-refractivity contribution in [2.45, 2.75) is 19.4 Å². The lowest BCUT2D eigenvalue weighted by Gasteiger charge is -2.37. The quantitative estimate of drug-likeness (QED) is 0.758. The molecule has 160 valence electrons. The van der Waals surface area contributed by atoms with E-state index in [0.29, 0.717) is 44.0 Å². The normalized spacial score (nSPS) is 15.4. The molecule has 2 aromatic rings. The highest BCUT2D eigenvalue weighted by atomic mass is 16.5. The molecule has 2 amide bonds. The van der Waals surface area contributed by atoms with E-state index in [1.54, 1.807) is 14.2 Å². The predicted octanol–water partition coefficient (Wildman–Crippen LogP) is 2.42. The van der Waals surface area contributed by atoms with Crippen molar-refractivity contribution in [2.75, 3.05) is 45.7 Å². The molecular weight excluding hydrogens is 382 g/mol. The van der Waals surface area contributed by atoms with Gasteiger partial charge >= 0.3 is 0 Å². The molecular formula is C23H29N3O4. The van der Waals surface area contributed by atoms with Gasteiger partial charge in [-0.25, -0.2) is 0 Å². The van der Waals surface area contributed by atoms with Gasteiger partial charge in [0.05, 0.1) is 32.4 Å². The number of para-hydroxylation sites is 2. The van der Waals surface area contributed by atoms with Crippen molar-refractivity contribution in [3.8, 4) is 11.5 Å². The highest BCUT2D eigenvalue weighted by Gasteiger charge is 2.27. The fourth-order valence-corrected chi connectivity index (χ4v) is 3.58. The maximum atomic E-state index is 12.7. The maximum absolute atomic E-state index is 12.7. The smallest absolute Gasteiger partial charge is 0.241 e. The van der Waals surface area contributed by atoms with E-state index in [1.807, 2.05) is 60.4 Å². The number of methoxy groups -OCH3 is 2. The van der Waals surface area contributed by atoms with E-state index in [4.69, 9.17) is 9.47 Å². The summed E-state index contributed by atoms with van der Waals surface area (Å²) in [6.45, 7) is 4.41. The first-order valence-corrected chi connectivity index (χ1v) is 10.1. The summed E-state index contributed by atoms with van der Waals surface area (Å²) in [5, 5.41) is 2.94. The first kappa shape index (κ1) is 21.6. The molecule has 1 N–H and O–H groups in total. The van der Waals surface area contributed by atoms with Gasteiger partial charge in [0.1, 0.15) is 11.5 Å². The largest absolute Gasteiger partial charge is 0.497 e. The van der Waals surface area contributed by atoms with E-state index in [1.165, 1.54) is 0 Å². The summed E-state index contributed by atoms with van der Waals surface area (Å²) in [4.78, 5) is 29.3. The molecule has 0 radical (unpaired) electrons. The van der Waals surface area contributed by atoms with Crippen LogP contribution >= 0.6 is 0 Å². The van der Waals surface area contributed by atoms with Gasteiger partial charge in [-0.3, -0.25) is 14.5 Å². The Morgan fingerprint density at radius 2 is 1.73 bits per heavy atom. The van der Waals surface area contributed by atoms with E-state index in [0.717, 1.165) is 11.3 Å². The van der Waals surface area contributed by atoms with Gasteiger partial charge in [0.2, 0.25) is 11.8 Å². The number of carbonyl (C=O) groups excluding carboxylic acids is 2. The molecule has 1 aliphatic heterocycles. The molecule has 0 aromatic heterocycles. The van der Waals surface area contributed by atoms with E-state index < -0.39 is 0 Å². The van der Waals surface area contributed by atoms with Crippen molar-refractivity contribution in [3.05, 3.63) is 54.1 Å². The molecule has 30 heavy (non-hydrogen) atoms. The van der Waals surface area contributed by atoms with Crippen LogP contribution < -0.4 is 14.8 Å². The fraction of sp³-hybridized carbons (Fsp3) is 0.391. The van der Waals surface area contributed by atoms with Crippen molar-refractivity contribution in [1.82, 2.24) is 9.80 Å². The third-order valence-electron chi connectivity index (χ3n) is 5.45. The zero-order chi connectivity index (χ0) is 21.5. The van der Waals surface area contributed by atoms with Crippen LogP contribution in [0.15, 0.2) is 48.5 Å². The molecule has 0 aliphatic carbocycles. The third kappa shape index (κ3) is 5.30. The number of hydrogen-bond donors (Lipinski definition) is 1. The average molecular weight is 412 g/mol. The molecule has 2 aromatic carbocycles. The summed E-state index contributed by atoms with van der Waals surface area (Å²) < 4.78 is 10.5. The number of amides is 2. The van der Waals surface area contributed by atoms with Crippen molar-refractivity contribution >= 4 is 17.5 Å². The zero-order valence-corrected chi connectivity index (χ0v) is 17.8. The van der Waals surface area contributed by atoms with Crippen molar-refractivity contribution in [3.63, 3.8) is 0 Å². The fourth-order valence-electron chi connectivity index (χ4n) is 3.58. The van der Waals surface area contributed by atoms with Crippen LogP contribution in [0.2, 0.25) is 0 Å². The van der Waals surface area contributed by atoms with Crippen LogP contribution in [0.1, 0.15) is 12.5 Å². The predicted molar refractivity (Wildman–Crippen MR) is 116 cm³/mol. The summed E-state index contributed by atoms with van der Waals surface area (Å²) in [5.41, 5.74) is 1.59. The van der Waals surface area contributed by atoms with Crippen LogP contribution in [0.4, 0.5) is 5.69 Å². The number of rotatable bonds is 7. The summed E-state index contributed by atoms with van der Waals surface area (Å²) >= 11 is 0. The van der Waals surface area contributed by atoms with Crippen LogP contribution in [-0.2, 0) is 16.0 Å². The number of benzene rings is 2. The SMILES string of the molecule is COc1cccc(CC(=O)N2CCN(C(C)C(=O)Nc3ccccc3OC)CC2)c1. The number of ether oxygens (including phenoxy) is 2. The van der Waals surface area contributed by atoms with Gasteiger partial charge in [-0.05, 0) is 36.8 Å². The van der Waals surface area contributed by atoms with Gasteiger partial charge in [0.25, 0.3) is 0 Å². The van der Waals surface area contributed by atoms with Crippen LogP contribution in [0, 0.1) is 0 Å². The zero-order valence-electron chi connectivity index (χ0n) is 17.8. The summed E-state index contributed by atoms with van der Waals surface area (Å²) in [6.07, 6.45) is 0.348. The van der Waals surface area contributed by atoms with Crippen LogP contribution in [-0.4, -0.2) is 68.1 Å². The van der Waals surface area contributed by atoms with Gasteiger partial charge in [0, 0.05) is 26.2 Å². The molecule has 0 bridgehead atoms. The molecule has 1 heterocycles. The first-order valence-electron chi connectivity index (χ1n) is 10.1. The standard InChI is InChI=1S/C23H29N3O4/c1-17(23(28)24-20-9-4-5-10-21(20)30-3)25-11-13-26(14-12-25)22(27)16-18-7-6-8-19(15-18)29-2/h4-10,15,17H,11-14,16H2,1-3H3,(H,24,28). The second-order valence-electron chi connectivity index (χ2n) is 7.31. The van der Waals surface area contributed by atoms with Gasteiger partial charge in [-0.15, -0.1) is 0 Å². The van der Waals surface area contributed by atoms with Crippen molar-refractivity contribution in [1.29, 1.82) is 0 Å². The minimum absolute atomic E-state index is 0.0874. The molecule has 7 nitrogen and oxygen atoms in total. The lowest BCUT2D eigenvalue weighted by atomic mass is 10.1. The van der Waals surface area contributed by atoms with Crippen LogP contribution in [0.5, 0.6) is 11.5 Å². The molecule has 1 fully saturated rings. The molecule has 1 atom stereocenters. The van der Waals surface area contributed by atoms with Crippen LogP contribution in [0.3, 0.4) is 0 Å². The second-order valence-corrected chi connectivity index (χ2v) is 7.31. The highest BCUT2D eigenvalue weighted by Crippen LogP contribution is 2.23. The number of hydrogen-bond acceptors (Lipinski definition) is 5. The van der Waals surface area contributed by atoms with Crippen molar-refractivity contribution in [2.24, 2.45) is 0 Å². The number of nitrogens with zero attached hydrogens (tertiary/aromatic N) is 2. The number of carbonyl (C=O) groups is 2. The topological polar surface area (TPSA) is 71.1 Å². The Labute approximate surface area is 177 Å². The van der Waals surface area contributed by atoms with Gasteiger partial charge < -0.3 is 19.7 Å². The molecule has 1 unspecified atom stereocenters. The molecule has 3 rings (SSSR count). The van der Waals surface area contributed by atoms with E-state index >= 15 is 0 Å². The molecule has 1 saturated heterocycles. The van der Waals surface area contributed by atoms with Gasteiger partial charge in [-0.2, -0.15) is 0 Å². The second kappa shape index (κ2) is 10.1. The Bertz CT molecular complexity index is 878. The average Bonchev–Trinajstić information content (AvgIpc) is 2.79. The maximum Gasteiger partial charge on any atom is 0.241 e. The number of nitrogens with one attached hydrogen (secondary N) is 1. The van der Waals surface area contributed by atoms with E-state index in [-0.39, 0.29) is 17.9 Å². The van der Waals surface area contributed by atoms with Gasteiger partial charge in [-0.1, -0.05) is 24.3 Å². The molecule has 1 aliphatic rings. The summed E-state index contributed by atoms with van der Waals surface area (Å²) in [5.74, 6) is 1.38. The number of anilines is 1. The summed E-state index contributed by atoms with van der Waals surface area (Å²) in [7, 11) is 3.20. The minimum Gasteiger partial charge on any atom is -0.497 e. The molecule has 0 spiro atoms. The molecule has 7 heteroatoms. The van der Waals surface area contributed by atoms with E-state index in [9.17, 15) is 9.59 Å². The van der Waals surface area contributed by atoms with Crippen LogP contribution in [0.25, 0.3) is 0 Å². The Morgan fingerprint density at radius 3 is 2.43 bits per heavy atom. The molecule has 0 saturated carbocycles. The van der Waals surface area contributed by atoms with E-state index in [2.05, 4.69) is 10.2 Å². The Hall–Kier alpha value is -3.06.